The van der Waals surface area contributed by atoms with E-state index in [1.54, 1.807) is 17.0 Å². The smallest absolute Gasteiger partial charge is 0.291 e. The van der Waals surface area contributed by atoms with Gasteiger partial charge in [0.05, 0.1) is 4.88 Å². The third-order valence-corrected chi connectivity index (χ3v) is 7.11. The zero-order valence-corrected chi connectivity index (χ0v) is 20.0. The topological polar surface area (TPSA) is 91.8 Å². The lowest BCUT2D eigenvalue weighted by Gasteiger charge is -2.35. The molecule has 8 nitrogen and oxygen atoms in total. The van der Waals surface area contributed by atoms with Gasteiger partial charge < -0.3 is 24.1 Å². The number of thiophene rings is 1. The van der Waals surface area contributed by atoms with Crippen LogP contribution in [-0.2, 0) is 0 Å². The first kappa shape index (κ1) is 22.1. The monoisotopic (exact) mass is 498 g/mol. The third-order valence-electron chi connectivity index (χ3n) is 6.22. The molecule has 0 bridgehead atoms. The maximum atomic E-state index is 13.5. The van der Waals surface area contributed by atoms with E-state index in [1.807, 2.05) is 53.9 Å². The molecule has 180 valence electrons. The molecule has 4 heterocycles. The number of benzene rings is 2. The van der Waals surface area contributed by atoms with Gasteiger partial charge in [-0.1, -0.05) is 41.6 Å². The minimum Gasteiger partial charge on any atom is -0.449 e. The van der Waals surface area contributed by atoms with E-state index in [0.29, 0.717) is 48.6 Å². The van der Waals surface area contributed by atoms with Crippen LogP contribution in [0.25, 0.3) is 21.6 Å². The highest BCUT2D eigenvalue weighted by molar-refractivity contribution is 7.13. The Hall–Kier alpha value is -4.37. The highest BCUT2D eigenvalue weighted by Gasteiger charge is 2.29. The molecule has 1 aliphatic heterocycles. The molecule has 0 radical (unpaired) electrons. The van der Waals surface area contributed by atoms with Crippen molar-refractivity contribution < 1.29 is 18.5 Å². The summed E-state index contributed by atoms with van der Waals surface area (Å²) in [6.07, 6.45) is 0. The van der Waals surface area contributed by atoms with E-state index < -0.39 is 5.91 Å². The molecule has 2 aromatic carbocycles. The van der Waals surface area contributed by atoms with E-state index >= 15 is 0 Å². The van der Waals surface area contributed by atoms with Crippen molar-refractivity contribution >= 4 is 45.5 Å². The van der Waals surface area contributed by atoms with Crippen molar-refractivity contribution in [1.29, 1.82) is 0 Å². The summed E-state index contributed by atoms with van der Waals surface area (Å²) >= 11 is 1.50. The first-order valence-electron chi connectivity index (χ1n) is 11.6. The van der Waals surface area contributed by atoms with Crippen molar-refractivity contribution in [3.05, 3.63) is 89.6 Å². The van der Waals surface area contributed by atoms with E-state index in [9.17, 15) is 9.59 Å². The molecule has 1 N–H and O–H groups in total. The summed E-state index contributed by atoms with van der Waals surface area (Å²) in [7, 11) is 0. The van der Waals surface area contributed by atoms with Crippen molar-refractivity contribution in [2.45, 2.75) is 0 Å². The van der Waals surface area contributed by atoms with Crippen LogP contribution in [0.2, 0.25) is 0 Å². The number of hydrogen-bond acceptors (Lipinski definition) is 7. The molecule has 0 aliphatic carbocycles. The Kier molecular flexibility index (Phi) is 5.74. The molecule has 36 heavy (non-hydrogen) atoms. The Labute approximate surface area is 210 Å². The maximum absolute atomic E-state index is 13.5. The fraction of sp³-hybridized carbons (Fsp3) is 0.148. The standard InChI is InChI=1S/C27H22N4O4S/c32-26(20-17-22(35-29-20)23-11-6-16-36-23)28-24-19-9-4-5-10-21(19)34-25(24)27(33)31-14-12-30(13-15-31)18-7-2-1-3-8-18/h1-11,16-17H,12-15H2,(H,28,32). The molecular weight excluding hydrogens is 476 g/mol. The van der Waals surface area contributed by atoms with Gasteiger partial charge in [0, 0.05) is 43.3 Å². The second kappa shape index (κ2) is 9.35. The number of carbonyl (C=O) groups excluding carboxylic acids is 2. The first-order chi connectivity index (χ1) is 17.7. The Morgan fingerprint density at radius 2 is 1.69 bits per heavy atom. The molecule has 1 saturated heterocycles. The quantitative estimate of drug-likeness (QED) is 0.351. The van der Waals surface area contributed by atoms with Crippen molar-refractivity contribution in [3.63, 3.8) is 0 Å². The summed E-state index contributed by atoms with van der Waals surface area (Å²) in [4.78, 5) is 31.5. The average Bonchev–Trinajstić information content (AvgIpc) is 3.69. The van der Waals surface area contributed by atoms with Gasteiger partial charge in [0.2, 0.25) is 5.76 Å². The van der Waals surface area contributed by atoms with E-state index in [0.717, 1.165) is 10.6 Å². The number of carbonyl (C=O) groups is 2. The van der Waals surface area contributed by atoms with Crippen molar-refractivity contribution in [3.8, 4) is 10.6 Å². The predicted octanol–water partition coefficient (Wildman–Crippen LogP) is 5.36. The lowest BCUT2D eigenvalue weighted by atomic mass is 10.2. The van der Waals surface area contributed by atoms with E-state index in [2.05, 4.69) is 27.5 Å². The summed E-state index contributed by atoms with van der Waals surface area (Å²) in [6.45, 7) is 2.52. The summed E-state index contributed by atoms with van der Waals surface area (Å²) in [5, 5.41) is 9.35. The van der Waals surface area contributed by atoms with Crippen molar-refractivity contribution in [1.82, 2.24) is 10.1 Å². The highest BCUT2D eigenvalue weighted by Crippen LogP contribution is 2.33. The minimum absolute atomic E-state index is 0.111. The highest BCUT2D eigenvalue weighted by atomic mass is 32.1. The van der Waals surface area contributed by atoms with Crippen LogP contribution >= 0.6 is 11.3 Å². The van der Waals surface area contributed by atoms with Crippen LogP contribution in [0.1, 0.15) is 21.0 Å². The largest absolute Gasteiger partial charge is 0.449 e. The minimum atomic E-state index is -0.476. The molecule has 0 unspecified atom stereocenters. The fourth-order valence-corrected chi connectivity index (χ4v) is 5.04. The van der Waals surface area contributed by atoms with E-state index in [-0.39, 0.29) is 17.4 Å². The molecule has 3 aromatic heterocycles. The van der Waals surface area contributed by atoms with Gasteiger partial charge in [-0.2, -0.15) is 0 Å². The second-order valence-electron chi connectivity index (χ2n) is 8.42. The molecule has 5 aromatic rings. The number of para-hydroxylation sites is 2. The van der Waals surface area contributed by atoms with Crippen LogP contribution in [0.3, 0.4) is 0 Å². The number of nitrogens with zero attached hydrogens (tertiary/aromatic N) is 3. The fourth-order valence-electron chi connectivity index (χ4n) is 4.36. The molecule has 0 saturated carbocycles. The summed E-state index contributed by atoms with van der Waals surface area (Å²) < 4.78 is 11.3. The van der Waals surface area contributed by atoms with E-state index in [1.165, 1.54) is 11.3 Å². The van der Waals surface area contributed by atoms with Gasteiger partial charge in [-0.15, -0.1) is 11.3 Å². The maximum Gasteiger partial charge on any atom is 0.291 e. The van der Waals surface area contributed by atoms with Gasteiger partial charge in [0.25, 0.3) is 11.8 Å². The average molecular weight is 499 g/mol. The number of nitrogens with one attached hydrogen (secondary N) is 1. The lowest BCUT2D eigenvalue weighted by molar-refractivity contribution is 0.0718. The van der Waals surface area contributed by atoms with Crippen LogP contribution in [0.15, 0.2) is 87.1 Å². The van der Waals surface area contributed by atoms with Gasteiger partial charge >= 0.3 is 0 Å². The van der Waals surface area contributed by atoms with Gasteiger partial charge in [-0.3, -0.25) is 9.59 Å². The SMILES string of the molecule is O=C(Nc1c(C(=O)N2CCN(c3ccccc3)CC2)oc2ccccc12)c1cc(-c2cccs2)on1. The van der Waals surface area contributed by atoms with Crippen LogP contribution in [0, 0.1) is 0 Å². The van der Waals surface area contributed by atoms with E-state index in [4.69, 9.17) is 8.94 Å². The molecule has 0 spiro atoms. The van der Waals surface area contributed by atoms with Crippen LogP contribution < -0.4 is 10.2 Å². The first-order valence-corrected chi connectivity index (χ1v) is 12.5. The molecule has 0 atom stereocenters. The number of anilines is 2. The number of fused-ring (bicyclic) bond motifs is 1. The van der Waals surface area contributed by atoms with Crippen molar-refractivity contribution in [2.75, 3.05) is 36.4 Å². The normalized spacial score (nSPS) is 13.8. The summed E-state index contributed by atoms with van der Waals surface area (Å²) in [5.74, 6) is -0.107. The number of hydrogen-bond donors (Lipinski definition) is 1. The Balaban J connectivity index is 1.24. The second-order valence-corrected chi connectivity index (χ2v) is 9.37. The molecular formula is C27H22N4O4S. The number of rotatable bonds is 5. The summed E-state index contributed by atoms with van der Waals surface area (Å²) in [5.41, 5.74) is 2.12. The van der Waals surface area contributed by atoms with Crippen molar-refractivity contribution in [2.24, 2.45) is 0 Å². The Bertz CT molecular complexity index is 1520. The van der Waals surface area contributed by atoms with Crippen LogP contribution in [-0.4, -0.2) is 48.0 Å². The third kappa shape index (κ3) is 4.14. The zero-order chi connectivity index (χ0) is 24.5. The Morgan fingerprint density at radius 3 is 2.47 bits per heavy atom. The van der Waals surface area contributed by atoms with Gasteiger partial charge in [-0.25, -0.2) is 0 Å². The number of aromatic nitrogens is 1. The Morgan fingerprint density at radius 1 is 0.917 bits per heavy atom. The molecule has 2 amide bonds. The van der Waals surface area contributed by atoms with Crippen LogP contribution in [0.5, 0.6) is 0 Å². The van der Waals surface area contributed by atoms with Gasteiger partial charge in [-0.05, 0) is 35.7 Å². The summed E-state index contributed by atoms with van der Waals surface area (Å²) in [6, 6.07) is 22.8. The number of piperazine rings is 1. The molecule has 1 aliphatic rings. The van der Waals surface area contributed by atoms with Crippen LogP contribution in [0.4, 0.5) is 11.4 Å². The molecule has 9 heteroatoms. The number of amides is 2. The lowest BCUT2D eigenvalue weighted by Crippen LogP contribution is -2.48. The predicted molar refractivity (Wildman–Crippen MR) is 139 cm³/mol. The number of furan rings is 1. The van der Waals surface area contributed by atoms with Gasteiger partial charge in [0.1, 0.15) is 11.3 Å². The zero-order valence-electron chi connectivity index (χ0n) is 19.2. The van der Waals surface area contributed by atoms with Gasteiger partial charge in [0.15, 0.2) is 11.5 Å². The molecule has 6 rings (SSSR count). The molecule has 1 fully saturated rings.